The van der Waals surface area contributed by atoms with Crippen molar-refractivity contribution < 1.29 is 9.32 Å². The van der Waals surface area contributed by atoms with Crippen LogP contribution in [0.3, 0.4) is 0 Å². The molecule has 25 heavy (non-hydrogen) atoms. The molecule has 1 atom stereocenters. The SMILES string of the molecule is CN(Cc1nc(-c2ccncc2)no1)C(=O)[C@@H]1Cc2ccccc2S1. The number of hydrogen-bond acceptors (Lipinski definition) is 6. The zero-order valence-corrected chi connectivity index (χ0v) is 14.4. The van der Waals surface area contributed by atoms with Crippen molar-refractivity contribution in [3.8, 4) is 11.4 Å². The molecule has 0 saturated carbocycles. The number of carbonyl (C=O) groups is 1. The van der Waals surface area contributed by atoms with Gasteiger partial charge in [-0.25, -0.2) is 0 Å². The van der Waals surface area contributed by atoms with Gasteiger partial charge in [0.2, 0.25) is 17.6 Å². The minimum atomic E-state index is -0.0926. The van der Waals surface area contributed by atoms with Crippen LogP contribution in [0.5, 0.6) is 0 Å². The van der Waals surface area contributed by atoms with Crippen molar-refractivity contribution >= 4 is 17.7 Å². The molecule has 3 heterocycles. The molecule has 0 aliphatic carbocycles. The van der Waals surface area contributed by atoms with Crippen molar-refractivity contribution in [3.05, 3.63) is 60.2 Å². The third-order valence-electron chi connectivity index (χ3n) is 4.08. The quantitative estimate of drug-likeness (QED) is 0.719. The molecule has 0 spiro atoms. The zero-order valence-electron chi connectivity index (χ0n) is 13.6. The molecule has 0 bridgehead atoms. The van der Waals surface area contributed by atoms with Crippen LogP contribution in [-0.4, -0.2) is 38.2 Å². The van der Waals surface area contributed by atoms with Gasteiger partial charge in [0, 0.05) is 29.9 Å². The number of benzene rings is 1. The van der Waals surface area contributed by atoms with Gasteiger partial charge in [-0.15, -0.1) is 11.8 Å². The molecule has 1 aliphatic heterocycles. The minimum Gasteiger partial charge on any atom is -0.337 e. The van der Waals surface area contributed by atoms with Gasteiger partial charge in [0.15, 0.2) is 0 Å². The third kappa shape index (κ3) is 3.28. The van der Waals surface area contributed by atoms with Gasteiger partial charge < -0.3 is 9.42 Å². The maximum Gasteiger partial charge on any atom is 0.246 e. The number of fused-ring (bicyclic) bond motifs is 1. The fourth-order valence-electron chi connectivity index (χ4n) is 2.78. The highest BCUT2D eigenvalue weighted by molar-refractivity contribution is 8.01. The van der Waals surface area contributed by atoms with Crippen molar-refractivity contribution in [2.45, 2.75) is 23.1 Å². The second kappa shape index (κ2) is 6.68. The Morgan fingerprint density at radius 1 is 1.28 bits per heavy atom. The molecule has 4 rings (SSSR count). The van der Waals surface area contributed by atoms with Crippen LogP contribution in [0.2, 0.25) is 0 Å². The van der Waals surface area contributed by atoms with Gasteiger partial charge in [-0.3, -0.25) is 9.78 Å². The molecule has 1 amide bonds. The maximum absolute atomic E-state index is 12.7. The number of pyridine rings is 1. The maximum atomic E-state index is 12.7. The second-order valence-electron chi connectivity index (χ2n) is 5.86. The summed E-state index contributed by atoms with van der Waals surface area (Å²) >= 11 is 1.62. The smallest absolute Gasteiger partial charge is 0.246 e. The molecule has 0 saturated heterocycles. The molecule has 0 fully saturated rings. The van der Waals surface area contributed by atoms with Crippen molar-refractivity contribution in [2.24, 2.45) is 0 Å². The monoisotopic (exact) mass is 352 g/mol. The van der Waals surface area contributed by atoms with Crippen LogP contribution >= 0.6 is 11.8 Å². The Balaban J connectivity index is 1.42. The standard InChI is InChI=1S/C18H16N4O2S/c1-22(18(23)15-10-13-4-2-3-5-14(13)25-15)11-16-20-17(21-24-16)12-6-8-19-9-7-12/h2-9,15H,10-11H2,1H3/t15-/m0/s1. The Labute approximate surface area is 149 Å². The molecular formula is C18H16N4O2S. The van der Waals surface area contributed by atoms with Crippen LogP contribution < -0.4 is 0 Å². The van der Waals surface area contributed by atoms with Crippen molar-refractivity contribution in [2.75, 3.05) is 7.05 Å². The van der Waals surface area contributed by atoms with Gasteiger partial charge >= 0.3 is 0 Å². The van der Waals surface area contributed by atoms with Gasteiger partial charge in [0.1, 0.15) is 0 Å². The lowest BCUT2D eigenvalue weighted by atomic mass is 10.1. The third-order valence-corrected chi connectivity index (χ3v) is 5.38. The van der Waals surface area contributed by atoms with E-state index in [2.05, 4.69) is 27.3 Å². The first-order valence-electron chi connectivity index (χ1n) is 7.93. The fourth-order valence-corrected chi connectivity index (χ4v) is 4.09. The molecule has 1 aliphatic rings. The number of carbonyl (C=O) groups excluding carboxylic acids is 1. The molecule has 6 nitrogen and oxygen atoms in total. The normalized spacial score (nSPS) is 15.8. The van der Waals surface area contributed by atoms with Gasteiger partial charge in [-0.2, -0.15) is 4.98 Å². The summed E-state index contributed by atoms with van der Waals surface area (Å²) in [5.74, 6) is 0.994. The summed E-state index contributed by atoms with van der Waals surface area (Å²) in [6.45, 7) is 0.296. The topological polar surface area (TPSA) is 72.1 Å². The van der Waals surface area contributed by atoms with E-state index in [-0.39, 0.29) is 11.2 Å². The highest BCUT2D eigenvalue weighted by Gasteiger charge is 2.30. The Bertz CT molecular complexity index is 872. The number of nitrogens with zero attached hydrogens (tertiary/aromatic N) is 4. The van der Waals surface area contributed by atoms with Crippen molar-refractivity contribution in [1.82, 2.24) is 20.0 Å². The first-order valence-corrected chi connectivity index (χ1v) is 8.81. The van der Waals surface area contributed by atoms with Crippen LogP contribution in [0, 0.1) is 0 Å². The van der Waals surface area contributed by atoms with Crippen LogP contribution in [0.25, 0.3) is 11.4 Å². The molecule has 7 heteroatoms. The van der Waals surface area contributed by atoms with Crippen LogP contribution in [0.4, 0.5) is 0 Å². The van der Waals surface area contributed by atoms with Crippen molar-refractivity contribution in [3.63, 3.8) is 0 Å². The van der Waals surface area contributed by atoms with E-state index in [0.717, 1.165) is 12.0 Å². The largest absolute Gasteiger partial charge is 0.337 e. The predicted molar refractivity (Wildman–Crippen MR) is 93.8 cm³/mol. The van der Waals surface area contributed by atoms with E-state index in [1.807, 2.05) is 24.3 Å². The molecule has 2 aromatic heterocycles. The highest BCUT2D eigenvalue weighted by atomic mass is 32.2. The predicted octanol–water partition coefficient (Wildman–Crippen LogP) is 2.81. The van der Waals surface area contributed by atoms with Gasteiger partial charge in [0.05, 0.1) is 11.8 Å². The summed E-state index contributed by atoms with van der Waals surface area (Å²) in [5.41, 5.74) is 2.07. The molecule has 0 N–H and O–H groups in total. The lowest BCUT2D eigenvalue weighted by Gasteiger charge is -2.18. The van der Waals surface area contributed by atoms with Gasteiger partial charge in [0.25, 0.3) is 0 Å². The van der Waals surface area contributed by atoms with E-state index >= 15 is 0 Å². The molecular weight excluding hydrogens is 336 g/mol. The first-order chi connectivity index (χ1) is 12.2. The van der Waals surface area contributed by atoms with E-state index in [4.69, 9.17) is 4.52 Å². The average Bonchev–Trinajstić information content (AvgIpc) is 3.28. The van der Waals surface area contributed by atoms with E-state index in [1.165, 1.54) is 10.5 Å². The van der Waals surface area contributed by atoms with E-state index in [1.54, 1.807) is 36.1 Å². The summed E-state index contributed by atoms with van der Waals surface area (Å²) in [6.07, 6.45) is 4.11. The summed E-state index contributed by atoms with van der Waals surface area (Å²) in [4.78, 5) is 23.9. The summed E-state index contributed by atoms with van der Waals surface area (Å²) < 4.78 is 5.28. The zero-order chi connectivity index (χ0) is 17.2. The van der Waals surface area contributed by atoms with E-state index < -0.39 is 0 Å². The fraction of sp³-hybridized carbons (Fsp3) is 0.222. The number of rotatable bonds is 4. The second-order valence-corrected chi connectivity index (χ2v) is 7.10. The number of amides is 1. The summed E-state index contributed by atoms with van der Waals surface area (Å²) in [7, 11) is 1.77. The molecule has 126 valence electrons. The Morgan fingerprint density at radius 3 is 2.88 bits per heavy atom. The van der Waals surface area contributed by atoms with E-state index in [0.29, 0.717) is 18.3 Å². The lowest BCUT2D eigenvalue weighted by Crippen LogP contribution is -2.34. The number of thioether (sulfide) groups is 1. The molecule has 3 aromatic rings. The molecule has 1 aromatic carbocycles. The van der Waals surface area contributed by atoms with Crippen LogP contribution in [0.1, 0.15) is 11.5 Å². The van der Waals surface area contributed by atoms with Crippen LogP contribution in [-0.2, 0) is 17.8 Å². The van der Waals surface area contributed by atoms with Crippen LogP contribution in [0.15, 0.2) is 58.2 Å². The Morgan fingerprint density at radius 2 is 2.08 bits per heavy atom. The molecule has 0 unspecified atom stereocenters. The lowest BCUT2D eigenvalue weighted by molar-refractivity contribution is -0.130. The Hall–Kier alpha value is -2.67. The molecule has 0 radical (unpaired) electrons. The van der Waals surface area contributed by atoms with Gasteiger partial charge in [-0.1, -0.05) is 23.4 Å². The Kier molecular flexibility index (Phi) is 4.23. The first kappa shape index (κ1) is 15.8. The van der Waals surface area contributed by atoms with Gasteiger partial charge in [-0.05, 0) is 30.2 Å². The summed E-state index contributed by atoms with van der Waals surface area (Å²) in [6, 6.07) is 11.8. The average molecular weight is 352 g/mol. The highest BCUT2D eigenvalue weighted by Crippen LogP contribution is 2.37. The number of aromatic nitrogens is 3. The van der Waals surface area contributed by atoms with E-state index in [9.17, 15) is 4.79 Å². The minimum absolute atomic E-state index is 0.0739. The van der Waals surface area contributed by atoms with Crippen molar-refractivity contribution in [1.29, 1.82) is 0 Å². The summed E-state index contributed by atoms with van der Waals surface area (Å²) in [5, 5.41) is 3.88. The number of hydrogen-bond donors (Lipinski definition) is 0.